The molecule has 0 aliphatic carbocycles. The maximum absolute atomic E-state index is 12.7. The fourth-order valence-corrected chi connectivity index (χ4v) is 8.09. The summed E-state index contributed by atoms with van der Waals surface area (Å²) >= 11 is 0.685. The minimum Gasteiger partial charge on any atom is -0.386 e. The van der Waals surface area contributed by atoms with E-state index < -0.39 is 114 Å². The minimum absolute atomic E-state index is 0.0149. The van der Waals surface area contributed by atoms with Crippen LogP contribution in [-0.2, 0) is 45.9 Å². The van der Waals surface area contributed by atoms with E-state index in [0.717, 1.165) is 17.2 Å². The van der Waals surface area contributed by atoms with Gasteiger partial charge in [-0.3, -0.25) is 37.5 Å². The van der Waals surface area contributed by atoms with Gasteiger partial charge in [0.1, 0.15) is 42.0 Å². The van der Waals surface area contributed by atoms with E-state index in [0.29, 0.717) is 11.8 Å². The molecule has 4 heterocycles. The lowest BCUT2D eigenvalue weighted by Crippen LogP contribution is -2.46. The number of carbonyl (C=O) groups is 3. The number of nitrogens with zero attached hydrogens (tertiary/aromatic N) is 6. The van der Waals surface area contributed by atoms with E-state index in [1.54, 1.807) is 0 Å². The molecular formula is C26H38N9O17P3S. The van der Waals surface area contributed by atoms with E-state index in [1.165, 1.54) is 13.8 Å². The van der Waals surface area contributed by atoms with Gasteiger partial charge in [0.2, 0.25) is 16.9 Å². The third-order valence-electron chi connectivity index (χ3n) is 7.36. The Balaban J connectivity index is 1.22. The number of anilines is 1. The van der Waals surface area contributed by atoms with Crippen molar-refractivity contribution in [1.82, 2.24) is 40.1 Å². The summed E-state index contributed by atoms with van der Waals surface area (Å²) in [5.41, 5.74) is 3.76. The van der Waals surface area contributed by atoms with Crippen molar-refractivity contribution in [2.75, 3.05) is 37.8 Å². The molecular weight excluding hydrogens is 835 g/mol. The summed E-state index contributed by atoms with van der Waals surface area (Å²) in [6, 6.07) is 0. The Labute approximate surface area is 324 Å². The molecule has 30 heteroatoms. The van der Waals surface area contributed by atoms with E-state index in [4.69, 9.17) is 23.6 Å². The lowest BCUT2D eigenvalue weighted by molar-refractivity contribution is -0.137. The van der Waals surface area contributed by atoms with E-state index in [2.05, 4.69) is 44.4 Å². The van der Waals surface area contributed by atoms with Crippen LogP contribution >= 0.6 is 35.2 Å². The molecule has 1 aliphatic rings. The lowest BCUT2D eigenvalue weighted by Gasteiger charge is -2.30. The zero-order valence-electron chi connectivity index (χ0n) is 32.0. The third kappa shape index (κ3) is 12.8. The zero-order valence-corrected chi connectivity index (χ0v) is 32.5. The van der Waals surface area contributed by atoms with Crippen LogP contribution in [0.2, 0.25) is 0 Å². The number of aliphatic hydroxyl groups is 2. The van der Waals surface area contributed by atoms with Gasteiger partial charge in [-0.05, 0) is 0 Å². The molecule has 0 saturated carbocycles. The normalized spacial score (nSPS) is 22.3. The van der Waals surface area contributed by atoms with Crippen molar-refractivity contribution in [2.45, 2.75) is 50.9 Å². The number of thioether (sulfide) groups is 1. The first-order valence-corrected chi connectivity index (χ1v) is 21.2. The number of nitrogens with two attached hydrogens (primary N) is 1. The van der Waals surface area contributed by atoms with Gasteiger partial charge < -0.3 is 50.9 Å². The quantitative estimate of drug-likeness (QED) is 0.0474. The highest BCUT2D eigenvalue weighted by Crippen LogP contribution is 2.61. The average molecular weight is 877 g/mol. The monoisotopic (exact) mass is 876 g/mol. The Morgan fingerprint density at radius 3 is 2.50 bits per heavy atom. The van der Waals surface area contributed by atoms with Crippen LogP contribution in [0.5, 0.6) is 0 Å². The van der Waals surface area contributed by atoms with Gasteiger partial charge in [0.25, 0.3) is 0 Å². The number of aliphatic hydroxyl groups excluding tert-OH is 2. The summed E-state index contributed by atoms with van der Waals surface area (Å²) in [7, 11) is -16.5. The second kappa shape index (κ2) is 18.9. The van der Waals surface area contributed by atoms with Crippen molar-refractivity contribution in [3.63, 3.8) is 0 Å². The third-order valence-corrected chi connectivity index (χ3v) is 11.3. The van der Waals surface area contributed by atoms with Gasteiger partial charge in [-0.1, -0.05) is 25.6 Å². The van der Waals surface area contributed by atoms with Crippen molar-refractivity contribution >= 4 is 69.1 Å². The number of phosphoric ester groups is 3. The Bertz CT molecular complexity index is 2190. The number of aromatic nitrogens is 6. The SMILES string of the molecule is [2H]c1nc([2H])c(C(=O)SCCNC(=O)CCNC(=O)[C@H](O)C(C)(C)COP(=O)(O)OP(=O)(O)OC[C@H]2O[C@@H](n3cnc4c(N)ncnc43)C(O)C2OP(=O)(O)O)nc1[2H]. The Morgan fingerprint density at radius 1 is 1.07 bits per heavy atom. The smallest absolute Gasteiger partial charge is 0.386 e. The number of hydrogen-bond donors (Lipinski definition) is 9. The predicted molar refractivity (Wildman–Crippen MR) is 188 cm³/mol. The Hall–Kier alpha value is -3.36. The van der Waals surface area contributed by atoms with Crippen molar-refractivity contribution < 1.29 is 84.6 Å². The Morgan fingerprint density at radius 2 is 1.79 bits per heavy atom. The van der Waals surface area contributed by atoms with E-state index in [9.17, 15) is 57.9 Å². The number of fused-ring (bicyclic) bond motifs is 1. The Kier molecular flexibility index (Phi) is 13.8. The number of hydrogen-bond acceptors (Lipinski definition) is 20. The number of carbonyl (C=O) groups excluding carboxylic acids is 3. The first kappa shape index (κ1) is 40.8. The maximum atomic E-state index is 12.7. The number of phosphoric acid groups is 3. The second-order valence-corrected chi connectivity index (χ2v) is 17.4. The zero-order chi connectivity index (χ0) is 44.1. The molecule has 1 saturated heterocycles. The molecule has 0 bridgehead atoms. The topological polar surface area (TPSA) is 389 Å². The number of nitrogen functional groups attached to an aromatic ring is 1. The second-order valence-electron chi connectivity index (χ2n) is 12.1. The predicted octanol–water partition coefficient (Wildman–Crippen LogP) is -1.23. The van der Waals surface area contributed by atoms with Gasteiger partial charge in [0, 0.05) is 43.0 Å². The van der Waals surface area contributed by atoms with Crippen LogP contribution in [-0.4, -0.2) is 133 Å². The van der Waals surface area contributed by atoms with Gasteiger partial charge in [0.15, 0.2) is 17.7 Å². The minimum atomic E-state index is -5.60. The van der Waals surface area contributed by atoms with Gasteiger partial charge >= 0.3 is 23.5 Å². The molecule has 4 rings (SSSR count). The van der Waals surface area contributed by atoms with Crippen LogP contribution in [0.25, 0.3) is 11.2 Å². The highest BCUT2D eigenvalue weighted by molar-refractivity contribution is 8.14. The molecule has 56 heavy (non-hydrogen) atoms. The standard InChI is InChI=1S/C26H38N9O17P3S/c1-26(2,20(38)23(39)31-4-3-16(36)30-7-8-56-25(40)14-9-28-5-6-29-14)11-49-55(46,47)52-54(44,45)48-10-15-19(51-53(41,42)43)18(37)24(50-15)35-13-34-17-21(27)32-12-33-22(17)35/h5-6,9,12-13,15,18-20,24,37-38H,3-4,7-8,10-11H2,1-2H3,(H,30,36)(H,31,39)(H,44,45)(H,46,47)(H2,27,32,33)(H2,41,42,43)/t15-,18?,19?,20+,24-/m1/s1/i5D,6D,9D. The van der Waals surface area contributed by atoms with Crippen molar-refractivity contribution in [1.29, 1.82) is 0 Å². The molecule has 10 N–H and O–H groups in total. The molecule has 310 valence electrons. The first-order chi connectivity index (χ1) is 27.3. The fraction of sp³-hybridized carbons (Fsp3) is 0.538. The summed E-state index contributed by atoms with van der Waals surface area (Å²) in [6.45, 7) is 0.0336. The van der Waals surface area contributed by atoms with Gasteiger partial charge in [0.05, 0.1) is 29.8 Å². The maximum Gasteiger partial charge on any atom is 0.481 e. The molecule has 0 spiro atoms. The molecule has 2 amide bonds. The van der Waals surface area contributed by atoms with E-state index >= 15 is 0 Å². The number of imidazole rings is 1. The summed E-state index contributed by atoms with van der Waals surface area (Å²) in [5, 5.41) is 25.5. The van der Waals surface area contributed by atoms with Crippen LogP contribution in [0.15, 0.2) is 31.2 Å². The summed E-state index contributed by atoms with van der Waals surface area (Å²) in [6.07, 6.45) is -8.89. The fourth-order valence-electron chi connectivity index (χ4n) is 4.65. The van der Waals surface area contributed by atoms with Gasteiger partial charge in [-0.25, -0.2) is 33.6 Å². The first-order valence-electron chi connectivity index (χ1n) is 17.2. The molecule has 3 aromatic rings. The van der Waals surface area contributed by atoms with Crippen molar-refractivity contribution in [2.24, 2.45) is 5.41 Å². The molecule has 26 nitrogen and oxygen atoms in total. The highest BCUT2D eigenvalue weighted by Gasteiger charge is 2.50. The molecule has 0 radical (unpaired) electrons. The molecule has 1 fully saturated rings. The highest BCUT2D eigenvalue weighted by atomic mass is 32.2. The van der Waals surface area contributed by atoms with E-state index in [1.807, 2.05) is 0 Å². The van der Waals surface area contributed by atoms with Crippen LogP contribution < -0.4 is 16.4 Å². The molecule has 3 aromatic heterocycles. The largest absolute Gasteiger partial charge is 0.481 e. The van der Waals surface area contributed by atoms with Crippen molar-refractivity contribution in [3.05, 3.63) is 36.9 Å². The van der Waals surface area contributed by atoms with Crippen LogP contribution in [0, 0.1) is 5.41 Å². The number of nitrogens with one attached hydrogen (secondary N) is 2. The number of rotatable bonds is 20. The van der Waals surface area contributed by atoms with Gasteiger partial charge in [-0.2, -0.15) is 4.31 Å². The molecule has 7 atom stereocenters. The molecule has 0 aromatic carbocycles. The van der Waals surface area contributed by atoms with E-state index in [-0.39, 0.29) is 42.2 Å². The van der Waals surface area contributed by atoms with Crippen molar-refractivity contribution in [3.8, 4) is 0 Å². The van der Waals surface area contributed by atoms with Gasteiger partial charge in [-0.15, -0.1) is 0 Å². The number of ether oxygens (including phenoxy) is 1. The lowest BCUT2D eigenvalue weighted by atomic mass is 9.87. The molecule has 1 aliphatic heterocycles. The van der Waals surface area contributed by atoms with Crippen LogP contribution in [0.3, 0.4) is 0 Å². The number of amides is 2. The van der Waals surface area contributed by atoms with Crippen LogP contribution in [0.4, 0.5) is 5.82 Å². The average Bonchev–Trinajstić information content (AvgIpc) is 3.69. The summed E-state index contributed by atoms with van der Waals surface area (Å²) in [4.78, 5) is 94.9. The molecule has 4 unspecified atom stereocenters. The summed E-state index contributed by atoms with van der Waals surface area (Å²) in [5.74, 6) is -1.62. The van der Waals surface area contributed by atoms with Crippen LogP contribution in [0.1, 0.15) is 41.1 Å². The summed E-state index contributed by atoms with van der Waals surface area (Å²) < 4.78 is 84.5.